The molecule has 3 nitrogen and oxygen atoms in total. The molecule has 0 bridgehead atoms. The second-order valence-electron chi connectivity index (χ2n) is 5.44. The molecular formula is C19H14Cl3NO2. The number of halogens is 3. The molecule has 0 aliphatic rings. The van der Waals surface area contributed by atoms with Crippen LogP contribution in [0, 0.1) is 0 Å². The van der Waals surface area contributed by atoms with Gasteiger partial charge in [-0.25, -0.2) is 0 Å². The number of nitrogens with zero attached hydrogens (tertiary/aromatic N) is 1. The Morgan fingerprint density at radius 1 is 0.880 bits per heavy atom. The van der Waals surface area contributed by atoms with Crippen LogP contribution >= 0.6 is 34.8 Å². The van der Waals surface area contributed by atoms with Crippen LogP contribution in [-0.2, 0) is 13.2 Å². The van der Waals surface area contributed by atoms with E-state index in [1.807, 2.05) is 18.2 Å². The SMILES string of the molecule is O=c1cc(OCc2ccccc2Cl)ccn1Cc1ccc(Cl)cc1Cl. The monoisotopic (exact) mass is 393 g/mol. The fourth-order valence-electron chi connectivity index (χ4n) is 2.32. The van der Waals surface area contributed by atoms with Crippen molar-refractivity contribution in [2.24, 2.45) is 0 Å². The van der Waals surface area contributed by atoms with E-state index in [4.69, 9.17) is 39.5 Å². The lowest BCUT2D eigenvalue weighted by Gasteiger charge is -2.11. The standard InChI is InChI=1S/C19H14Cl3NO2/c20-15-6-5-13(18(22)9-15)11-23-8-7-16(10-19(23)24)25-12-14-3-1-2-4-17(14)21/h1-10H,11-12H2. The number of hydrogen-bond acceptors (Lipinski definition) is 2. The summed E-state index contributed by atoms with van der Waals surface area (Å²) in [6.45, 7) is 0.659. The van der Waals surface area contributed by atoms with Crippen molar-refractivity contribution in [2.45, 2.75) is 13.2 Å². The van der Waals surface area contributed by atoms with Crippen LogP contribution in [0.1, 0.15) is 11.1 Å². The van der Waals surface area contributed by atoms with E-state index in [2.05, 4.69) is 0 Å². The van der Waals surface area contributed by atoms with Crippen molar-refractivity contribution in [1.82, 2.24) is 4.57 Å². The predicted molar refractivity (Wildman–Crippen MR) is 102 cm³/mol. The molecule has 0 N–H and O–H groups in total. The zero-order chi connectivity index (χ0) is 17.8. The van der Waals surface area contributed by atoms with Crippen LogP contribution in [0.25, 0.3) is 0 Å². The van der Waals surface area contributed by atoms with Crippen molar-refractivity contribution in [3.8, 4) is 5.75 Å². The fraction of sp³-hybridized carbons (Fsp3) is 0.105. The molecule has 0 saturated carbocycles. The van der Waals surface area contributed by atoms with Crippen LogP contribution in [0.3, 0.4) is 0 Å². The summed E-state index contributed by atoms with van der Waals surface area (Å²) in [6.07, 6.45) is 1.68. The highest BCUT2D eigenvalue weighted by molar-refractivity contribution is 6.35. The molecule has 0 saturated heterocycles. The lowest BCUT2D eigenvalue weighted by atomic mass is 10.2. The minimum absolute atomic E-state index is 0.178. The third-order valence-electron chi connectivity index (χ3n) is 3.68. The van der Waals surface area contributed by atoms with Gasteiger partial charge in [-0.15, -0.1) is 0 Å². The maximum Gasteiger partial charge on any atom is 0.254 e. The summed E-state index contributed by atoms with van der Waals surface area (Å²) in [7, 11) is 0. The van der Waals surface area contributed by atoms with Gasteiger partial charge in [-0.2, -0.15) is 0 Å². The number of ether oxygens (including phenoxy) is 1. The van der Waals surface area contributed by atoms with Gasteiger partial charge in [0.05, 0.1) is 6.54 Å². The third-order valence-corrected chi connectivity index (χ3v) is 4.63. The number of hydrogen-bond donors (Lipinski definition) is 0. The topological polar surface area (TPSA) is 31.2 Å². The molecule has 2 aromatic carbocycles. The highest BCUT2D eigenvalue weighted by Crippen LogP contribution is 2.22. The molecule has 1 aromatic heterocycles. The van der Waals surface area contributed by atoms with Crippen LogP contribution in [0.15, 0.2) is 65.6 Å². The Morgan fingerprint density at radius 2 is 1.68 bits per heavy atom. The first kappa shape index (κ1) is 17.9. The van der Waals surface area contributed by atoms with Crippen molar-refractivity contribution in [2.75, 3.05) is 0 Å². The Labute approximate surface area is 160 Å². The number of aromatic nitrogens is 1. The van der Waals surface area contributed by atoms with Crippen LogP contribution in [-0.4, -0.2) is 4.57 Å². The second-order valence-corrected chi connectivity index (χ2v) is 6.70. The minimum atomic E-state index is -0.178. The van der Waals surface area contributed by atoms with Crippen LogP contribution in [0.4, 0.5) is 0 Å². The van der Waals surface area contributed by atoms with Gasteiger partial charge in [0.2, 0.25) is 0 Å². The van der Waals surface area contributed by atoms with E-state index in [1.54, 1.807) is 41.1 Å². The van der Waals surface area contributed by atoms with Crippen molar-refractivity contribution >= 4 is 34.8 Å². The number of benzene rings is 2. The van der Waals surface area contributed by atoms with E-state index in [0.29, 0.717) is 34.0 Å². The van der Waals surface area contributed by atoms with Crippen molar-refractivity contribution in [1.29, 1.82) is 0 Å². The third kappa shape index (κ3) is 4.57. The summed E-state index contributed by atoms with van der Waals surface area (Å²) in [6, 6.07) is 15.8. The molecule has 0 atom stereocenters. The molecule has 0 amide bonds. The first-order chi connectivity index (χ1) is 12.0. The molecule has 0 aliphatic carbocycles. The van der Waals surface area contributed by atoms with E-state index in [1.165, 1.54) is 6.07 Å². The first-order valence-corrected chi connectivity index (χ1v) is 8.67. The molecule has 0 radical (unpaired) electrons. The van der Waals surface area contributed by atoms with Crippen LogP contribution < -0.4 is 10.3 Å². The molecule has 0 fully saturated rings. The molecule has 3 aromatic rings. The van der Waals surface area contributed by atoms with Gasteiger partial charge in [0, 0.05) is 32.9 Å². The fourth-order valence-corrected chi connectivity index (χ4v) is 2.98. The van der Waals surface area contributed by atoms with E-state index in [0.717, 1.165) is 11.1 Å². The molecule has 25 heavy (non-hydrogen) atoms. The zero-order valence-electron chi connectivity index (χ0n) is 13.1. The summed E-state index contributed by atoms with van der Waals surface area (Å²) >= 11 is 18.1. The summed E-state index contributed by atoms with van der Waals surface area (Å²) in [5.74, 6) is 0.489. The largest absolute Gasteiger partial charge is 0.489 e. The Kier molecular flexibility index (Phi) is 5.69. The van der Waals surface area contributed by atoms with Gasteiger partial charge in [-0.1, -0.05) is 59.1 Å². The average molecular weight is 395 g/mol. The van der Waals surface area contributed by atoms with Crippen LogP contribution in [0.2, 0.25) is 15.1 Å². The van der Waals surface area contributed by atoms with Gasteiger partial charge < -0.3 is 9.30 Å². The summed E-state index contributed by atoms with van der Waals surface area (Å²) in [4.78, 5) is 12.3. The van der Waals surface area contributed by atoms with Gasteiger partial charge in [0.15, 0.2) is 0 Å². The molecule has 0 unspecified atom stereocenters. The highest BCUT2D eigenvalue weighted by Gasteiger charge is 2.06. The Balaban J connectivity index is 1.72. The van der Waals surface area contributed by atoms with Crippen molar-refractivity contribution in [3.05, 3.63) is 97.3 Å². The molecule has 0 aliphatic heterocycles. The van der Waals surface area contributed by atoms with Gasteiger partial charge >= 0.3 is 0 Å². The second kappa shape index (κ2) is 7.96. The van der Waals surface area contributed by atoms with Crippen molar-refractivity contribution < 1.29 is 4.74 Å². The smallest absolute Gasteiger partial charge is 0.254 e. The highest BCUT2D eigenvalue weighted by atomic mass is 35.5. The molecule has 0 spiro atoms. The van der Waals surface area contributed by atoms with Gasteiger partial charge in [0.25, 0.3) is 5.56 Å². The van der Waals surface area contributed by atoms with E-state index >= 15 is 0 Å². The van der Waals surface area contributed by atoms with Gasteiger partial charge in [-0.3, -0.25) is 4.79 Å². The first-order valence-electron chi connectivity index (χ1n) is 7.53. The van der Waals surface area contributed by atoms with Crippen LogP contribution in [0.5, 0.6) is 5.75 Å². The van der Waals surface area contributed by atoms with Crippen molar-refractivity contribution in [3.63, 3.8) is 0 Å². The number of pyridine rings is 1. The quantitative estimate of drug-likeness (QED) is 0.577. The minimum Gasteiger partial charge on any atom is -0.489 e. The molecule has 128 valence electrons. The lowest BCUT2D eigenvalue weighted by Crippen LogP contribution is -2.19. The Hall–Kier alpha value is -1.94. The Morgan fingerprint density at radius 3 is 2.40 bits per heavy atom. The zero-order valence-corrected chi connectivity index (χ0v) is 15.4. The Bertz CT molecular complexity index is 953. The van der Waals surface area contributed by atoms with E-state index in [-0.39, 0.29) is 5.56 Å². The van der Waals surface area contributed by atoms with Gasteiger partial charge in [-0.05, 0) is 29.8 Å². The molecule has 6 heteroatoms. The lowest BCUT2D eigenvalue weighted by molar-refractivity contribution is 0.305. The maximum atomic E-state index is 12.3. The van der Waals surface area contributed by atoms with Gasteiger partial charge in [0.1, 0.15) is 12.4 Å². The summed E-state index contributed by atoms with van der Waals surface area (Å²) in [5.41, 5.74) is 1.50. The van der Waals surface area contributed by atoms with E-state index in [9.17, 15) is 4.79 Å². The normalized spacial score (nSPS) is 10.7. The van der Waals surface area contributed by atoms with E-state index < -0.39 is 0 Å². The molecule has 1 heterocycles. The maximum absolute atomic E-state index is 12.3. The number of rotatable bonds is 5. The molecular weight excluding hydrogens is 381 g/mol. The molecule has 3 rings (SSSR count). The predicted octanol–water partition coefficient (Wildman–Crippen LogP) is 5.44. The average Bonchev–Trinajstić information content (AvgIpc) is 2.58. The summed E-state index contributed by atoms with van der Waals surface area (Å²) < 4.78 is 7.21. The summed E-state index contributed by atoms with van der Waals surface area (Å²) in [5, 5.41) is 1.72.